The third-order valence-corrected chi connectivity index (χ3v) is 15.0. The zero-order valence-corrected chi connectivity index (χ0v) is 36.3. The zero-order chi connectivity index (χ0) is 41.7. The Bertz CT molecular complexity index is 3210. The number of benzene rings is 8. The third kappa shape index (κ3) is 5.55. The Balaban J connectivity index is 1.02. The Morgan fingerprint density at radius 2 is 1.08 bits per heavy atom. The van der Waals surface area contributed by atoms with E-state index in [2.05, 4.69) is 213 Å². The van der Waals surface area contributed by atoms with Crippen LogP contribution in [0, 0.1) is 0 Å². The third-order valence-electron chi connectivity index (χ3n) is 15.0. The summed E-state index contributed by atoms with van der Waals surface area (Å²) in [5.41, 5.74) is 22.0. The molecule has 0 bridgehead atoms. The summed E-state index contributed by atoms with van der Waals surface area (Å²) in [5, 5.41) is 2.53. The molecule has 2 heteroatoms. The highest BCUT2D eigenvalue weighted by molar-refractivity contribution is 6.10. The second kappa shape index (κ2) is 13.9. The van der Waals surface area contributed by atoms with Crippen molar-refractivity contribution >= 4 is 38.9 Å². The summed E-state index contributed by atoms with van der Waals surface area (Å²) >= 11 is 0. The number of nitrogens with zero attached hydrogens (tertiary/aromatic N) is 2. The standard InChI is InChI=1S/C60H52N2/c1-59(2)52-23-13-11-20-47(52)51-36-41(28-35-53(51)59)46-22-15-24-54-58(46)50-34-32-44(37-55(50)60(54,3)4)61(43-29-26-40(27-30-43)39-16-7-5-8-17-39)45-31-33-49-48-21-12-14-25-56(48)62(57(49)38-45)42-18-9-6-10-19-42/h6,9-15,18-39H,5,7-8,16-17H2,1-4H3. The van der Waals surface area contributed by atoms with E-state index in [0.717, 1.165) is 5.69 Å². The van der Waals surface area contributed by atoms with E-state index in [1.165, 1.54) is 132 Å². The van der Waals surface area contributed by atoms with E-state index in [1.54, 1.807) is 0 Å². The molecule has 62 heavy (non-hydrogen) atoms. The molecule has 1 aromatic heterocycles. The lowest BCUT2D eigenvalue weighted by Crippen LogP contribution is -2.16. The van der Waals surface area contributed by atoms with E-state index in [4.69, 9.17) is 0 Å². The normalized spacial score (nSPS) is 15.9. The fraction of sp³-hybridized carbons (Fsp3) is 0.200. The van der Waals surface area contributed by atoms with Gasteiger partial charge in [-0.15, -0.1) is 0 Å². The average molecular weight is 801 g/mol. The van der Waals surface area contributed by atoms with Gasteiger partial charge in [-0.05, 0) is 141 Å². The number of hydrogen-bond donors (Lipinski definition) is 0. The molecule has 0 unspecified atom stereocenters. The molecule has 0 amide bonds. The molecule has 0 aliphatic heterocycles. The van der Waals surface area contributed by atoms with Crippen molar-refractivity contribution in [3.63, 3.8) is 0 Å². The molecule has 0 saturated heterocycles. The molecule has 12 rings (SSSR count). The first-order valence-corrected chi connectivity index (χ1v) is 22.8. The zero-order valence-electron chi connectivity index (χ0n) is 36.3. The molecule has 0 radical (unpaired) electrons. The number of para-hydroxylation sites is 2. The van der Waals surface area contributed by atoms with Gasteiger partial charge in [-0.2, -0.15) is 0 Å². The van der Waals surface area contributed by atoms with Gasteiger partial charge in [0.15, 0.2) is 0 Å². The van der Waals surface area contributed by atoms with Crippen LogP contribution in [0.2, 0.25) is 0 Å². The maximum atomic E-state index is 2.50. The monoisotopic (exact) mass is 800 g/mol. The lowest BCUT2D eigenvalue weighted by atomic mass is 9.81. The van der Waals surface area contributed by atoms with E-state index < -0.39 is 0 Å². The van der Waals surface area contributed by atoms with Gasteiger partial charge in [0.1, 0.15) is 0 Å². The summed E-state index contributed by atoms with van der Waals surface area (Å²) < 4.78 is 2.43. The first-order chi connectivity index (χ1) is 30.3. The molecule has 1 fully saturated rings. The molecule has 0 N–H and O–H groups in total. The molecule has 9 aromatic rings. The molecule has 0 spiro atoms. The lowest BCUT2D eigenvalue weighted by molar-refractivity contribution is 0.443. The minimum atomic E-state index is -0.192. The van der Waals surface area contributed by atoms with Gasteiger partial charge in [-0.3, -0.25) is 0 Å². The van der Waals surface area contributed by atoms with Crippen molar-refractivity contribution in [3.8, 4) is 39.1 Å². The number of aromatic nitrogens is 1. The quantitative estimate of drug-likeness (QED) is 0.163. The van der Waals surface area contributed by atoms with Gasteiger partial charge >= 0.3 is 0 Å². The van der Waals surface area contributed by atoms with Gasteiger partial charge in [0.05, 0.1) is 11.0 Å². The van der Waals surface area contributed by atoms with Crippen LogP contribution in [0.15, 0.2) is 176 Å². The van der Waals surface area contributed by atoms with Crippen molar-refractivity contribution in [3.05, 3.63) is 204 Å². The van der Waals surface area contributed by atoms with Crippen LogP contribution in [0.3, 0.4) is 0 Å². The van der Waals surface area contributed by atoms with E-state index in [1.807, 2.05) is 0 Å². The van der Waals surface area contributed by atoms with Gasteiger partial charge in [0, 0.05) is 44.4 Å². The Morgan fingerprint density at radius 1 is 0.435 bits per heavy atom. The Morgan fingerprint density at radius 3 is 1.92 bits per heavy atom. The summed E-state index contributed by atoms with van der Waals surface area (Å²) in [4.78, 5) is 2.50. The van der Waals surface area contributed by atoms with Crippen LogP contribution >= 0.6 is 0 Å². The van der Waals surface area contributed by atoms with Crippen LogP contribution in [0.5, 0.6) is 0 Å². The highest BCUT2D eigenvalue weighted by atomic mass is 15.1. The summed E-state index contributed by atoms with van der Waals surface area (Å²) in [5.74, 6) is 0.657. The summed E-state index contributed by atoms with van der Waals surface area (Å²) in [6.07, 6.45) is 6.62. The van der Waals surface area contributed by atoms with Gasteiger partial charge in [0.25, 0.3) is 0 Å². The molecule has 302 valence electrons. The molecular formula is C60H52N2. The van der Waals surface area contributed by atoms with Crippen LogP contribution in [-0.4, -0.2) is 4.57 Å². The number of anilines is 3. The summed E-state index contributed by atoms with van der Waals surface area (Å²) in [6.45, 7) is 9.56. The SMILES string of the molecule is CC1(C)c2ccccc2-c2cc(-c3cccc4c3-c3ccc(N(c5ccc(C6CCCCC6)cc5)c5ccc6c7ccccc7n(-c7ccccc7)c6c5)cc3C4(C)C)ccc21. The molecule has 0 atom stereocenters. The van der Waals surface area contributed by atoms with Gasteiger partial charge < -0.3 is 9.47 Å². The summed E-state index contributed by atoms with van der Waals surface area (Å²) in [7, 11) is 0. The van der Waals surface area contributed by atoms with Crippen molar-refractivity contribution in [2.75, 3.05) is 4.90 Å². The second-order valence-electron chi connectivity index (χ2n) is 19.2. The van der Waals surface area contributed by atoms with Crippen molar-refractivity contribution in [1.82, 2.24) is 4.57 Å². The molecule has 1 saturated carbocycles. The molecule has 3 aliphatic rings. The highest BCUT2D eigenvalue weighted by Gasteiger charge is 2.39. The van der Waals surface area contributed by atoms with E-state index in [9.17, 15) is 0 Å². The summed E-state index contributed by atoms with van der Waals surface area (Å²) in [6, 6.07) is 66.7. The molecule has 3 aliphatic carbocycles. The Hall–Kier alpha value is -6.64. The fourth-order valence-corrected chi connectivity index (χ4v) is 11.8. The smallest absolute Gasteiger partial charge is 0.0561 e. The topological polar surface area (TPSA) is 8.17 Å². The molecule has 2 nitrogen and oxygen atoms in total. The van der Waals surface area contributed by atoms with Gasteiger partial charge in [-0.1, -0.05) is 162 Å². The first kappa shape index (κ1) is 37.1. The van der Waals surface area contributed by atoms with Crippen molar-refractivity contribution < 1.29 is 0 Å². The van der Waals surface area contributed by atoms with Gasteiger partial charge in [0.2, 0.25) is 0 Å². The van der Waals surface area contributed by atoms with Crippen LogP contribution < -0.4 is 4.90 Å². The van der Waals surface area contributed by atoms with Crippen LogP contribution in [0.4, 0.5) is 17.1 Å². The number of rotatable bonds is 6. The first-order valence-electron chi connectivity index (χ1n) is 22.8. The van der Waals surface area contributed by atoms with E-state index in [-0.39, 0.29) is 10.8 Å². The molecule has 1 heterocycles. The van der Waals surface area contributed by atoms with E-state index in [0.29, 0.717) is 5.92 Å². The maximum Gasteiger partial charge on any atom is 0.0561 e. The van der Waals surface area contributed by atoms with Crippen molar-refractivity contribution in [1.29, 1.82) is 0 Å². The Labute approximate surface area is 366 Å². The minimum Gasteiger partial charge on any atom is -0.310 e. The van der Waals surface area contributed by atoms with Crippen molar-refractivity contribution in [2.45, 2.75) is 76.5 Å². The molecule has 8 aromatic carbocycles. The highest BCUT2D eigenvalue weighted by Crippen LogP contribution is 2.55. The fourth-order valence-electron chi connectivity index (χ4n) is 11.8. The lowest BCUT2D eigenvalue weighted by Gasteiger charge is -2.29. The number of fused-ring (bicyclic) bond motifs is 9. The second-order valence-corrected chi connectivity index (χ2v) is 19.2. The predicted molar refractivity (Wildman–Crippen MR) is 262 cm³/mol. The van der Waals surface area contributed by atoms with Crippen LogP contribution in [0.1, 0.15) is 93.5 Å². The largest absolute Gasteiger partial charge is 0.310 e. The maximum absolute atomic E-state index is 2.50. The van der Waals surface area contributed by atoms with Crippen LogP contribution in [0.25, 0.3) is 60.9 Å². The van der Waals surface area contributed by atoms with Crippen LogP contribution in [-0.2, 0) is 10.8 Å². The minimum absolute atomic E-state index is 0.0151. The average Bonchev–Trinajstić information content (AvgIpc) is 3.86. The van der Waals surface area contributed by atoms with E-state index >= 15 is 0 Å². The number of hydrogen-bond acceptors (Lipinski definition) is 1. The molecular weight excluding hydrogens is 749 g/mol. The van der Waals surface area contributed by atoms with Gasteiger partial charge in [-0.25, -0.2) is 0 Å². The Kier molecular flexibility index (Phi) is 8.35. The predicted octanol–water partition coefficient (Wildman–Crippen LogP) is 16.6. The van der Waals surface area contributed by atoms with Crippen molar-refractivity contribution in [2.24, 2.45) is 0 Å².